The molecule has 1 aliphatic carbocycles. The molecule has 6 heteroatoms. The molecule has 2 unspecified atom stereocenters. The predicted molar refractivity (Wildman–Crippen MR) is 127 cm³/mol. The van der Waals surface area contributed by atoms with E-state index in [1.165, 1.54) is 37.7 Å². The SMILES string of the molecule is COc1ccccc1N1C(=S)NC(c2ccccn2)C1c1ccn(C2CCCCC2)c1. The third-order valence-electron chi connectivity index (χ3n) is 6.52. The Labute approximate surface area is 189 Å². The minimum Gasteiger partial charge on any atom is -0.495 e. The molecular formula is C25H28N4OS. The Morgan fingerprint density at radius 3 is 2.61 bits per heavy atom. The van der Waals surface area contributed by atoms with Crippen LogP contribution in [-0.2, 0) is 0 Å². The van der Waals surface area contributed by atoms with E-state index in [4.69, 9.17) is 17.0 Å². The van der Waals surface area contributed by atoms with Gasteiger partial charge in [0.05, 0.1) is 30.6 Å². The predicted octanol–water partition coefficient (Wildman–Crippen LogP) is 5.57. The van der Waals surface area contributed by atoms with Crippen molar-refractivity contribution in [2.24, 2.45) is 0 Å². The average molecular weight is 433 g/mol. The third kappa shape index (κ3) is 3.81. The van der Waals surface area contributed by atoms with E-state index < -0.39 is 0 Å². The number of anilines is 1. The highest BCUT2D eigenvalue weighted by Crippen LogP contribution is 2.44. The van der Waals surface area contributed by atoms with Crippen LogP contribution in [0.2, 0.25) is 0 Å². The summed E-state index contributed by atoms with van der Waals surface area (Å²) >= 11 is 5.84. The summed E-state index contributed by atoms with van der Waals surface area (Å²) in [5.74, 6) is 0.810. The number of hydrogen-bond donors (Lipinski definition) is 1. The second kappa shape index (κ2) is 8.71. The molecule has 2 fully saturated rings. The molecule has 2 aromatic heterocycles. The summed E-state index contributed by atoms with van der Waals surface area (Å²) in [7, 11) is 1.70. The average Bonchev–Trinajstić information content (AvgIpc) is 3.45. The topological polar surface area (TPSA) is 42.3 Å². The molecule has 1 saturated carbocycles. The van der Waals surface area contributed by atoms with E-state index in [0.717, 1.165) is 17.1 Å². The Morgan fingerprint density at radius 2 is 1.84 bits per heavy atom. The normalized spacial score (nSPS) is 21.8. The molecule has 3 heterocycles. The number of hydrogen-bond acceptors (Lipinski definition) is 3. The largest absolute Gasteiger partial charge is 0.495 e. The number of para-hydroxylation sites is 2. The van der Waals surface area contributed by atoms with E-state index in [2.05, 4.69) is 50.4 Å². The first-order valence-electron chi connectivity index (χ1n) is 11.1. The fourth-order valence-electron chi connectivity index (χ4n) is 4.99. The van der Waals surface area contributed by atoms with Gasteiger partial charge in [-0.3, -0.25) is 4.98 Å². The number of thiocarbonyl (C=S) groups is 1. The van der Waals surface area contributed by atoms with Crippen LogP contribution in [0, 0.1) is 0 Å². The lowest BCUT2D eigenvalue weighted by Gasteiger charge is -2.28. The van der Waals surface area contributed by atoms with Crippen molar-refractivity contribution < 1.29 is 4.74 Å². The van der Waals surface area contributed by atoms with E-state index >= 15 is 0 Å². The van der Waals surface area contributed by atoms with Crippen molar-refractivity contribution in [3.8, 4) is 5.75 Å². The van der Waals surface area contributed by atoms with E-state index in [9.17, 15) is 0 Å². The quantitative estimate of drug-likeness (QED) is 0.534. The van der Waals surface area contributed by atoms with Crippen LogP contribution in [-0.4, -0.2) is 21.8 Å². The van der Waals surface area contributed by atoms with Crippen LogP contribution in [0.25, 0.3) is 0 Å². The molecule has 0 bridgehead atoms. The van der Waals surface area contributed by atoms with E-state index in [1.807, 2.05) is 36.5 Å². The summed E-state index contributed by atoms with van der Waals surface area (Å²) in [6.45, 7) is 0. The van der Waals surface area contributed by atoms with Crippen molar-refractivity contribution in [2.45, 2.75) is 50.2 Å². The number of benzene rings is 1. The molecule has 0 spiro atoms. The second-order valence-corrected chi connectivity index (χ2v) is 8.74. The maximum atomic E-state index is 5.84. The van der Waals surface area contributed by atoms with Crippen LogP contribution in [0.5, 0.6) is 5.75 Å². The molecule has 5 nitrogen and oxygen atoms in total. The van der Waals surface area contributed by atoms with Crippen LogP contribution in [0.15, 0.2) is 67.1 Å². The van der Waals surface area contributed by atoms with Gasteiger partial charge in [-0.15, -0.1) is 0 Å². The van der Waals surface area contributed by atoms with Gasteiger partial charge in [-0.1, -0.05) is 37.5 Å². The number of ether oxygens (including phenoxy) is 1. The highest BCUT2D eigenvalue weighted by atomic mass is 32.1. The van der Waals surface area contributed by atoms with Crippen LogP contribution in [0.3, 0.4) is 0 Å². The zero-order chi connectivity index (χ0) is 21.2. The van der Waals surface area contributed by atoms with Gasteiger partial charge in [0.1, 0.15) is 5.75 Å². The molecule has 5 rings (SSSR count). The Hall–Kier alpha value is -2.86. The van der Waals surface area contributed by atoms with Gasteiger partial charge >= 0.3 is 0 Å². The first-order chi connectivity index (χ1) is 15.3. The lowest BCUT2D eigenvalue weighted by atomic mass is 9.95. The second-order valence-electron chi connectivity index (χ2n) is 8.35. The molecule has 2 aliphatic rings. The Kier molecular flexibility index (Phi) is 5.64. The zero-order valence-corrected chi connectivity index (χ0v) is 18.6. The molecule has 1 aliphatic heterocycles. The first-order valence-corrected chi connectivity index (χ1v) is 11.5. The molecule has 3 aromatic rings. The van der Waals surface area contributed by atoms with Gasteiger partial charge in [-0.2, -0.15) is 0 Å². The van der Waals surface area contributed by atoms with Crippen molar-refractivity contribution in [1.29, 1.82) is 0 Å². The van der Waals surface area contributed by atoms with Crippen molar-refractivity contribution in [2.75, 3.05) is 12.0 Å². The molecule has 31 heavy (non-hydrogen) atoms. The fraction of sp³-hybridized carbons (Fsp3) is 0.360. The van der Waals surface area contributed by atoms with Crippen LogP contribution < -0.4 is 15.0 Å². The lowest BCUT2D eigenvalue weighted by Crippen LogP contribution is -2.29. The molecule has 0 amide bonds. The summed E-state index contributed by atoms with van der Waals surface area (Å²) in [6.07, 6.45) is 12.9. The molecular weight excluding hydrogens is 404 g/mol. The van der Waals surface area contributed by atoms with E-state index in [0.29, 0.717) is 11.2 Å². The number of nitrogens with one attached hydrogen (secondary N) is 1. The van der Waals surface area contributed by atoms with Gasteiger partial charge in [-0.05, 0) is 61.0 Å². The van der Waals surface area contributed by atoms with Crippen molar-refractivity contribution >= 4 is 23.0 Å². The van der Waals surface area contributed by atoms with Gasteiger partial charge in [0.15, 0.2) is 5.11 Å². The van der Waals surface area contributed by atoms with E-state index in [-0.39, 0.29) is 12.1 Å². The van der Waals surface area contributed by atoms with Crippen LogP contribution in [0.4, 0.5) is 5.69 Å². The summed E-state index contributed by atoms with van der Waals surface area (Å²) in [5, 5.41) is 4.23. The number of nitrogens with zero attached hydrogens (tertiary/aromatic N) is 3. The summed E-state index contributed by atoms with van der Waals surface area (Å²) in [5.41, 5.74) is 3.19. The Morgan fingerprint density at radius 1 is 1.03 bits per heavy atom. The van der Waals surface area contributed by atoms with Gasteiger partial charge in [0.2, 0.25) is 0 Å². The highest BCUT2D eigenvalue weighted by molar-refractivity contribution is 7.80. The van der Waals surface area contributed by atoms with Gasteiger partial charge < -0.3 is 19.5 Å². The number of rotatable bonds is 5. The smallest absolute Gasteiger partial charge is 0.174 e. The standard InChI is InChI=1S/C25H28N4OS/c1-30-22-13-6-5-12-21(22)29-24(23(27-25(29)31)20-11-7-8-15-26-20)18-14-16-28(17-18)19-9-3-2-4-10-19/h5-8,11-17,19,23-24H,2-4,9-10H2,1H3,(H,27,31). The lowest BCUT2D eigenvalue weighted by molar-refractivity contribution is 0.353. The minimum atomic E-state index is -0.0409. The van der Waals surface area contributed by atoms with Crippen LogP contribution >= 0.6 is 12.2 Å². The first kappa shape index (κ1) is 20.1. The molecule has 1 aromatic carbocycles. The summed E-state index contributed by atoms with van der Waals surface area (Å²) in [6, 6.07) is 16.9. The van der Waals surface area contributed by atoms with Crippen molar-refractivity contribution in [3.63, 3.8) is 0 Å². The van der Waals surface area contributed by atoms with Crippen molar-refractivity contribution in [3.05, 3.63) is 78.4 Å². The van der Waals surface area contributed by atoms with Gasteiger partial charge in [-0.25, -0.2) is 0 Å². The van der Waals surface area contributed by atoms with Crippen LogP contribution in [0.1, 0.15) is 61.5 Å². The third-order valence-corrected chi connectivity index (χ3v) is 6.83. The van der Waals surface area contributed by atoms with E-state index in [1.54, 1.807) is 7.11 Å². The number of pyridine rings is 1. The minimum absolute atomic E-state index is 0.0106. The molecule has 0 radical (unpaired) electrons. The summed E-state index contributed by atoms with van der Waals surface area (Å²) in [4.78, 5) is 6.84. The zero-order valence-electron chi connectivity index (χ0n) is 17.8. The molecule has 1 N–H and O–H groups in total. The molecule has 2 atom stereocenters. The monoisotopic (exact) mass is 432 g/mol. The number of methoxy groups -OCH3 is 1. The highest BCUT2D eigenvalue weighted by Gasteiger charge is 2.42. The molecule has 160 valence electrons. The Balaban J connectivity index is 1.57. The summed E-state index contributed by atoms with van der Waals surface area (Å²) < 4.78 is 8.09. The van der Waals surface area contributed by atoms with Gasteiger partial charge in [0, 0.05) is 24.6 Å². The fourth-order valence-corrected chi connectivity index (χ4v) is 5.33. The van der Waals surface area contributed by atoms with Crippen molar-refractivity contribution in [1.82, 2.24) is 14.9 Å². The number of aromatic nitrogens is 2. The van der Waals surface area contributed by atoms with Gasteiger partial charge in [0.25, 0.3) is 0 Å². The maximum absolute atomic E-state index is 5.84. The maximum Gasteiger partial charge on any atom is 0.174 e. The molecule has 1 saturated heterocycles. The Bertz CT molecular complexity index is 1040.